The molecular formula is C19H19N5O3S. The van der Waals surface area contributed by atoms with E-state index in [0.29, 0.717) is 34.4 Å². The molecule has 0 saturated heterocycles. The normalized spacial score (nSPS) is 11.1. The van der Waals surface area contributed by atoms with Gasteiger partial charge in [0.2, 0.25) is 16.4 Å². The minimum absolute atomic E-state index is 0.209. The van der Waals surface area contributed by atoms with Crippen LogP contribution in [-0.2, 0) is 14.8 Å². The number of carbonyl (C=O) groups is 1. The van der Waals surface area contributed by atoms with E-state index in [1.54, 1.807) is 24.3 Å². The van der Waals surface area contributed by atoms with Gasteiger partial charge < -0.3 is 5.32 Å². The molecule has 9 heteroatoms. The molecule has 0 unspecified atom stereocenters. The molecule has 3 rings (SSSR count). The first-order chi connectivity index (χ1) is 13.3. The van der Waals surface area contributed by atoms with E-state index in [9.17, 15) is 13.2 Å². The van der Waals surface area contributed by atoms with E-state index in [-0.39, 0.29) is 5.96 Å². The predicted octanol–water partition coefficient (Wildman–Crippen LogP) is 2.67. The van der Waals surface area contributed by atoms with Crippen LogP contribution in [-0.4, -0.2) is 32.0 Å². The molecule has 2 aromatic carbocycles. The zero-order valence-electron chi connectivity index (χ0n) is 15.3. The minimum Gasteiger partial charge on any atom is -0.325 e. The first-order valence-corrected chi connectivity index (χ1v) is 10.2. The van der Waals surface area contributed by atoms with Gasteiger partial charge in [0, 0.05) is 10.9 Å². The van der Waals surface area contributed by atoms with Crippen molar-refractivity contribution in [3.63, 3.8) is 0 Å². The summed E-state index contributed by atoms with van der Waals surface area (Å²) in [6.45, 7) is 1.95. The third-order valence-electron chi connectivity index (χ3n) is 4.02. The van der Waals surface area contributed by atoms with E-state index < -0.39 is 10.0 Å². The summed E-state index contributed by atoms with van der Waals surface area (Å²) < 4.78 is 26.0. The van der Waals surface area contributed by atoms with E-state index in [1.165, 1.54) is 0 Å². The monoisotopic (exact) mass is 397 g/mol. The van der Waals surface area contributed by atoms with Gasteiger partial charge in [-0.2, -0.15) is 0 Å². The largest absolute Gasteiger partial charge is 0.325 e. The number of guanidine groups is 1. The lowest BCUT2D eigenvalue weighted by molar-refractivity contribution is -0.108. The number of aromatic nitrogens is 1. The lowest BCUT2D eigenvalue weighted by atomic mass is 10.0. The number of nitrogens with zero attached hydrogens (tertiary/aromatic N) is 1. The molecule has 0 fully saturated rings. The molecule has 0 atom stereocenters. The van der Waals surface area contributed by atoms with E-state index in [0.717, 1.165) is 17.4 Å². The molecule has 8 nitrogen and oxygen atoms in total. The fraction of sp³-hybridized carbons (Fsp3) is 0.105. The molecule has 144 valence electrons. The number of fused-ring (bicyclic) bond motifs is 1. The standard InChI is InChI=1S/C19H19N5O3S/c1-12-6-3-4-7-13(12)16-10-17(23-19(20)21-11-25)14-8-5-9-15(18(14)22-16)24-28(2,26)27/h3-11,24H,1-2H3,(H3,20,21,22,23,25). The van der Waals surface area contributed by atoms with E-state index in [1.807, 2.05) is 31.2 Å². The molecule has 0 aliphatic carbocycles. The number of rotatable bonds is 5. The van der Waals surface area contributed by atoms with Crippen molar-refractivity contribution in [1.29, 1.82) is 5.41 Å². The lowest BCUT2D eigenvalue weighted by Crippen LogP contribution is -2.28. The number of nitrogens with one attached hydrogen (secondary N) is 4. The smallest absolute Gasteiger partial charge is 0.229 e. The van der Waals surface area contributed by atoms with E-state index in [4.69, 9.17) is 5.41 Å². The van der Waals surface area contributed by atoms with Crippen LogP contribution in [0.4, 0.5) is 11.4 Å². The highest BCUT2D eigenvalue weighted by molar-refractivity contribution is 7.92. The third kappa shape index (κ3) is 4.26. The molecule has 0 spiro atoms. The van der Waals surface area contributed by atoms with Crippen LogP contribution in [0, 0.1) is 12.3 Å². The fourth-order valence-electron chi connectivity index (χ4n) is 2.86. The molecule has 3 aromatic rings. The van der Waals surface area contributed by atoms with Crippen LogP contribution in [0.1, 0.15) is 5.56 Å². The summed E-state index contributed by atoms with van der Waals surface area (Å²) in [6, 6.07) is 14.5. The van der Waals surface area contributed by atoms with Crippen molar-refractivity contribution >= 4 is 44.7 Å². The Morgan fingerprint density at radius 1 is 1.11 bits per heavy atom. The van der Waals surface area contributed by atoms with Gasteiger partial charge in [0.15, 0.2) is 5.96 Å². The summed E-state index contributed by atoms with van der Waals surface area (Å²) in [7, 11) is -3.51. The molecule has 0 aliphatic rings. The Labute approximate surface area is 162 Å². The van der Waals surface area contributed by atoms with Crippen LogP contribution < -0.4 is 15.4 Å². The number of hydrogen-bond acceptors (Lipinski definition) is 5. The molecule has 1 heterocycles. The van der Waals surface area contributed by atoms with Crippen LogP contribution in [0.3, 0.4) is 0 Å². The predicted molar refractivity (Wildman–Crippen MR) is 111 cm³/mol. The molecule has 1 amide bonds. The molecule has 4 N–H and O–H groups in total. The van der Waals surface area contributed by atoms with Gasteiger partial charge in [0.1, 0.15) is 0 Å². The van der Waals surface area contributed by atoms with Gasteiger partial charge in [-0.3, -0.25) is 20.2 Å². The van der Waals surface area contributed by atoms with Crippen LogP contribution in [0.5, 0.6) is 0 Å². The highest BCUT2D eigenvalue weighted by Gasteiger charge is 2.14. The van der Waals surface area contributed by atoms with Crippen molar-refractivity contribution in [3.8, 4) is 11.3 Å². The van der Waals surface area contributed by atoms with Gasteiger partial charge in [0.25, 0.3) is 0 Å². The second-order valence-corrected chi connectivity index (χ2v) is 7.96. The van der Waals surface area contributed by atoms with Gasteiger partial charge in [-0.25, -0.2) is 13.4 Å². The summed E-state index contributed by atoms with van der Waals surface area (Å²) in [5.74, 6) is -0.209. The Morgan fingerprint density at radius 2 is 1.86 bits per heavy atom. The van der Waals surface area contributed by atoms with Crippen LogP contribution in [0.2, 0.25) is 0 Å². The molecule has 0 bridgehead atoms. The molecular weight excluding hydrogens is 378 g/mol. The maximum Gasteiger partial charge on any atom is 0.229 e. The number of benzene rings is 2. The Bertz CT molecular complexity index is 1180. The zero-order chi connectivity index (χ0) is 20.3. The Morgan fingerprint density at radius 3 is 2.54 bits per heavy atom. The summed E-state index contributed by atoms with van der Waals surface area (Å²) >= 11 is 0. The maximum absolute atomic E-state index is 11.8. The van der Waals surface area contributed by atoms with Crippen molar-refractivity contribution in [2.75, 3.05) is 16.3 Å². The molecule has 28 heavy (non-hydrogen) atoms. The number of amides is 1. The van der Waals surface area contributed by atoms with Gasteiger partial charge in [-0.1, -0.05) is 36.4 Å². The second-order valence-electron chi connectivity index (χ2n) is 6.21. The van der Waals surface area contributed by atoms with Gasteiger partial charge in [-0.15, -0.1) is 0 Å². The Hall–Kier alpha value is -3.46. The van der Waals surface area contributed by atoms with Crippen molar-refractivity contribution in [1.82, 2.24) is 10.3 Å². The molecule has 0 radical (unpaired) electrons. The number of carbonyl (C=O) groups excluding carboxylic acids is 1. The van der Waals surface area contributed by atoms with Gasteiger partial charge in [0.05, 0.1) is 28.8 Å². The number of hydrogen-bond donors (Lipinski definition) is 4. The fourth-order valence-corrected chi connectivity index (χ4v) is 3.43. The van der Waals surface area contributed by atoms with Crippen LogP contribution in [0.25, 0.3) is 22.2 Å². The van der Waals surface area contributed by atoms with E-state index in [2.05, 4.69) is 20.3 Å². The number of aryl methyl sites for hydroxylation is 1. The average Bonchev–Trinajstić information content (AvgIpc) is 2.61. The summed E-state index contributed by atoms with van der Waals surface area (Å²) in [5, 5.41) is 13.5. The zero-order valence-corrected chi connectivity index (χ0v) is 16.1. The highest BCUT2D eigenvalue weighted by Crippen LogP contribution is 2.33. The highest BCUT2D eigenvalue weighted by atomic mass is 32.2. The lowest BCUT2D eigenvalue weighted by Gasteiger charge is -2.15. The number of sulfonamides is 1. The summed E-state index contributed by atoms with van der Waals surface area (Å²) in [6.07, 6.45) is 1.47. The van der Waals surface area contributed by atoms with Crippen molar-refractivity contribution < 1.29 is 13.2 Å². The summed E-state index contributed by atoms with van der Waals surface area (Å²) in [4.78, 5) is 15.3. The molecule has 1 aromatic heterocycles. The van der Waals surface area contributed by atoms with Crippen LogP contribution in [0.15, 0.2) is 48.5 Å². The number of anilines is 2. The quantitative estimate of drug-likeness (QED) is 0.299. The Balaban J connectivity index is 2.27. The second kappa shape index (κ2) is 7.65. The molecule has 0 saturated carbocycles. The van der Waals surface area contributed by atoms with Crippen molar-refractivity contribution in [3.05, 3.63) is 54.1 Å². The first-order valence-electron chi connectivity index (χ1n) is 8.32. The SMILES string of the molecule is Cc1ccccc1-c1cc(NC(=N)NC=O)c2cccc(NS(C)(=O)=O)c2n1. The van der Waals surface area contributed by atoms with Crippen molar-refractivity contribution in [2.24, 2.45) is 0 Å². The molecule has 0 aliphatic heterocycles. The van der Waals surface area contributed by atoms with E-state index >= 15 is 0 Å². The summed E-state index contributed by atoms with van der Waals surface area (Å²) in [5.41, 5.74) is 3.74. The van der Waals surface area contributed by atoms with Gasteiger partial charge >= 0.3 is 0 Å². The first kappa shape index (κ1) is 19.3. The minimum atomic E-state index is -3.51. The third-order valence-corrected chi connectivity index (χ3v) is 4.61. The van der Waals surface area contributed by atoms with Crippen molar-refractivity contribution in [2.45, 2.75) is 6.92 Å². The maximum atomic E-state index is 11.8. The van der Waals surface area contributed by atoms with Crippen LogP contribution >= 0.6 is 0 Å². The Kier molecular flexibility index (Phi) is 5.27. The number of pyridine rings is 1. The number of para-hydroxylation sites is 1. The average molecular weight is 397 g/mol. The topological polar surface area (TPSA) is 124 Å². The van der Waals surface area contributed by atoms with Gasteiger partial charge in [-0.05, 0) is 24.6 Å².